The Balaban J connectivity index is 2.20. The number of benzene rings is 1. The van der Waals surface area contributed by atoms with Crippen molar-refractivity contribution in [1.29, 1.82) is 0 Å². The normalized spacial score (nSPS) is 11.2. The summed E-state index contributed by atoms with van der Waals surface area (Å²) in [4.78, 5) is 4.30. The minimum absolute atomic E-state index is 0.359. The lowest BCUT2D eigenvalue weighted by Gasteiger charge is -2.21. The van der Waals surface area contributed by atoms with E-state index in [9.17, 15) is 0 Å². The van der Waals surface area contributed by atoms with Gasteiger partial charge in [-0.05, 0) is 73.7 Å². The van der Waals surface area contributed by atoms with E-state index in [1.807, 2.05) is 45.0 Å². The summed E-state index contributed by atoms with van der Waals surface area (Å²) in [5.74, 6) is 1.57. The molecule has 0 saturated carbocycles. The third-order valence-corrected chi connectivity index (χ3v) is 3.02. The number of anilines is 1. The fourth-order valence-corrected chi connectivity index (χ4v) is 1.85. The first-order valence-electron chi connectivity index (χ1n) is 6.22. The Bertz CT molecular complexity index is 592. The molecule has 4 nitrogen and oxygen atoms in total. The average Bonchev–Trinajstić information content (AvgIpc) is 2.34. The van der Waals surface area contributed by atoms with Gasteiger partial charge in [0.2, 0.25) is 11.8 Å². The number of aromatic nitrogens is 1. The summed E-state index contributed by atoms with van der Waals surface area (Å²) in [5, 5.41) is 0. The van der Waals surface area contributed by atoms with E-state index in [1.54, 1.807) is 12.1 Å². The quantitative estimate of drug-likeness (QED) is 0.805. The molecular formula is C15H17IN2O2. The molecule has 0 fully saturated rings. The topological polar surface area (TPSA) is 57.4 Å². The summed E-state index contributed by atoms with van der Waals surface area (Å²) in [6.07, 6.45) is 0. The van der Waals surface area contributed by atoms with E-state index >= 15 is 0 Å². The van der Waals surface area contributed by atoms with Crippen LogP contribution < -0.4 is 15.2 Å². The SMILES string of the molecule is CC(C)(C)Oc1nc(Oc2ccc(I)cc2)ccc1N. The zero-order valence-electron chi connectivity index (χ0n) is 11.7. The predicted molar refractivity (Wildman–Crippen MR) is 88.3 cm³/mol. The number of hydrogen-bond donors (Lipinski definition) is 1. The van der Waals surface area contributed by atoms with E-state index in [2.05, 4.69) is 27.6 Å². The second-order valence-corrected chi connectivity index (χ2v) is 6.56. The molecule has 0 radical (unpaired) electrons. The largest absolute Gasteiger partial charge is 0.470 e. The van der Waals surface area contributed by atoms with Crippen LogP contribution in [0.15, 0.2) is 36.4 Å². The molecule has 0 amide bonds. The van der Waals surface area contributed by atoms with Crippen LogP contribution >= 0.6 is 22.6 Å². The molecule has 0 atom stereocenters. The molecule has 0 saturated heterocycles. The van der Waals surface area contributed by atoms with Crippen LogP contribution in [-0.2, 0) is 0 Å². The van der Waals surface area contributed by atoms with Crippen LogP contribution in [0.25, 0.3) is 0 Å². The number of halogens is 1. The molecule has 5 heteroatoms. The van der Waals surface area contributed by atoms with Crippen LogP contribution in [0.2, 0.25) is 0 Å². The van der Waals surface area contributed by atoms with Crippen molar-refractivity contribution >= 4 is 28.3 Å². The van der Waals surface area contributed by atoms with Gasteiger partial charge >= 0.3 is 0 Å². The number of rotatable bonds is 3. The minimum Gasteiger partial charge on any atom is -0.470 e. The van der Waals surface area contributed by atoms with E-state index in [0.29, 0.717) is 17.4 Å². The lowest BCUT2D eigenvalue weighted by molar-refractivity contribution is 0.124. The lowest BCUT2D eigenvalue weighted by Crippen LogP contribution is -2.24. The molecule has 106 valence electrons. The summed E-state index contributed by atoms with van der Waals surface area (Å²) in [7, 11) is 0. The summed E-state index contributed by atoms with van der Waals surface area (Å²) in [6, 6.07) is 11.2. The van der Waals surface area contributed by atoms with Crippen molar-refractivity contribution in [1.82, 2.24) is 4.98 Å². The molecule has 20 heavy (non-hydrogen) atoms. The van der Waals surface area contributed by atoms with Gasteiger partial charge in [-0.15, -0.1) is 0 Å². The lowest BCUT2D eigenvalue weighted by atomic mass is 10.2. The van der Waals surface area contributed by atoms with Gasteiger partial charge in [-0.2, -0.15) is 4.98 Å². The standard InChI is InChI=1S/C15H17IN2O2/c1-15(2,3)20-14-12(17)8-9-13(18-14)19-11-6-4-10(16)5-7-11/h4-9H,17H2,1-3H3. The zero-order chi connectivity index (χ0) is 14.8. The fourth-order valence-electron chi connectivity index (χ4n) is 1.49. The third-order valence-electron chi connectivity index (χ3n) is 2.30. The van der Waals surface area contributed by atoms with Gasteiger partial charge in [0.05, 0.1) is 5.69 Å². The summed E-state index contributed by atoms with van der Waals surface area (Å²) < 4.78 is 12.6. The van der Waals surface area contributed by atoms with E-state index < -0.39 is 0 Å². The van der Waals surface area contributed by atoms with E-state index in [4.69, 9.17) is 15.2 Å². The molecule has 0 aliphatic rings. The molecule has 0 spiro atoms. The highest BCUT2D eigenvalue weighted by molar-refractivity contribution is 14.1. The zero-order valence-corrected chi connectivity index (χ0v) is 13.8. The average molecular weight is 384 g/mol. The van der Waals surface area contributed by atoms with Gasteiger partial charge < -0.3 is 15.2 Å². The molecule has 2 rings (SSSR count). The molecule has 0 aliphatic carbocycles. The van der Waals surface area contributed by atoms with Crippen LogP contribution in [-0.4, -0.2) is 10.6 Å². The maximum Gasteiger partial charge on any atom is 0.241 e. The summed E-state index contributed by atoms with van der Waals surface area (Å²) in [5.41, 5.74) is 6.00. The molecule has 1 aromatic carbocycles. The minimum atomic E-state index is -0.359. The van der Waals surface area contributed by atoms with Crippen molar-refractivity contribution in [2.45, 2.75) is 26.4 Å². The molecule has 0 aliphatic heterocycles. The molecular weight excluding hydrogens is 367 g/mol. The fraction of sp³-hybridized carbons (Fsp3) is 0.267. The van der Waals surface area contributed by atoms with Crippen molar-refractivity contribution in [3.63, 3.8) is 0 Å². The van der Waals surface area contributed by atoms with E-state index in [-0.39, 0.29) is 5.60 Å². The Labute approximate surface area is 132 Å². The number of nitrogen functional groups attached to an aromatic ring is 1. The summed E-state index contributed by atoms with van der Waals surface area (Å²) >= 11 is 2.24. The molecule has 1 aromatic heterocycles. The molecule has 1 heterocycles. The maximum atomic E-state index is 5.87. The van der Waals surface area contributed by atoms with Crippen molar-refractivity contribution in [3.8, 4) is 17.5 Å². The van der Waals surface area contributed by atoms with Gasteiger partial charge in [0.25, 0.3) is 0 Å². The molecule has 0 bridgehead atoms. The van der Waals surface area contributed by atoms with Crippen LogP contribution in [0.4, 0.5) is 5.69 Å². The van der Waals surface area contributed by atoms with Crippen molar-refractivity contribution < 1.29 is 9.47 Å². The van der Waals surface area contributed by atoms with Crippen molar-refractivity contribution in [3.05, 3.63) is 40.0 Å². The first-order chi connectivity index (χ1) is 9.33. The van der Waals surface area contributed by atoms with Gasteiger partial charge in [0.15, 0.2) is 0 Å². The van der Waals surface area contributed by atoms with Gasteiger partial charge in [-0.1, -0.05) is 0 Å². The van der Waals surface area contributed by atoms with Crippen LogP contribution in [0, 0.1) is 3.57 Å². The summed E-state index contributed by atoms with van der Waals surface area (Å²) in [6.45, 7) is 5.84. The Morgan fingerprint density at radius 3 is 2.30 bits per heavy atom. The van der Waals surface area contributed by atoms with Gasteiger partial charge in [0.1, 0.15) is 11.4 Å². The monoisotopic (exact) mass is 384 g/mol. The van der Waals surface area contributed by atoms with Gasteiger partial charge in [0, 0.05) is 9.64 Å². The molecule has 2 N–H and O–H groups in total. The number of nitrogens with zero attached hydrogens (tertiary/aromatic N) is 1. The number of ether oxygens (including phenoxy) is 2. The van der Waals surface area contributed by atoms with Gasteiger partial charge in [-0.25, -0.2) is 0 Å². The first kappa shape index (κ1) is 14.9. The van der Waals surface area contributed by atoms with Crippen LogP contribution in [0.5, 0.6) is 17.5 Å². The highest BCUT2D eigenvalue weighted by Gasteiger charge is 2.16. The van der Waals surface area contributed by atoms with E-state index in [0.717, 1.165) is 9.32 Å². The predicted octanol–water partition coefficient (Wildman–Crippen LogP) is 4.24. The Kier molecular flexibility index (Phi) is 4.37. The first-order valence-corrected chi connectivity index (χ1v) is 7.30. The highest BCUT2D eigenvalue weighted by atomic mass is 127. The van der Waals surface area contributed by atoms with Crippen molar-refractivity contribution in [2.75, 3.05) is 5.73 Å². The Hall–Kier alpha value is -1.50. The number of pyridine rings is 1. The second kappa shape index (κ2) is 5.87. The Morgan fingerprint density at radius 1 is 1.05 bits per heavy atom. The molecule has 0 unspecified atom stereocenters. The van der Waals surface area contributed by atoms with Crippen molar-refractivity contribution in [2.24, 2.45) is 0 Å². The number of hydrogen-bond acceptors (Lipinski definition) is 4. The van der Waals surface area contributed by atoms with E-state index in [1.165, 1.54) is 0 Å². The maximum absolute atomic E-state index is 5.87. The third kappa shape index (κ3) is 4.26. The Morgan fingerprint density at radius 2 is 1.70 bits per heavy atom. The van der Waals surface area contributed by atoms with Crippen LogP contribution in [0.3, 0.4) is 0 Å². The number of nitrogens with two attached hydrogens (primary N) is 1. The molecule has 2 aromatic rings. The second-order valence-electron chi connectivity index (χ2n) is 5.31. The smallest absolute Gasteiger partial charge is 0.241 e. The highest BCUT2D eigenvalue weighted by Crippen LogP contribution is 2.28. The van der Waals surface area contributed by atoms with Gasteiger partial charge in [-0.3, -0.25) is 0 Å². The van der Waals surface area contributed by atoms with Crippen LogP contribution in [0.1, 0.15) is 20.8 Å².